The Morgan fingerprint density at radius 1 is 1.00 bits per heavy atom. The summed E-state index contributed by atoms with van der Waals surface area (Å²) in [6.45, 7) is 3.37. The van der Waals surface area contributed by atoms with Gasteiger partial charge in [0.1, 0.15) is 5.75 Å². The standard InChI is InChI=1S/C22H23Cl2N2O2P/c1-17-6-9-19(10-7-17)26-16-21-20-5-3-2-4-18(20)8-11-22(21)28-29(26,27)25(14-12-23)15-13-24/h2-11H,12-16H2,1H3. The average Bonchev–Trinajstić information content (AvgIpc) is 2.73. The monoisotopic (exact) mass is 448 g/mol. The highest BCUT2D eigenvalue weighted by Gasteiger charge is 2.44. The molecule has 0 aliphatic carbocycles. The van der Waals surface area contributed by atoms with Crippen LogP contribution < -0.4 is 9.19 Å². The lowest BCUT2D eigenvalue weighted by atomic mass is 10.0. The van der Waals surface area contributed by atoms with Gasteiger partial charge in [0.05, 0.1) is 6.54 Å². The number of hydrogen-bond acceptors (Lipinski definition) is 2. The Balaban J connectivity index is 1.87. The third-order valence-corrected chi connectivity index (χ3v) is 8.07. The van der Waals surface area contributed by atoms with Crippen LogP contribution in [0.1, 0.15) is 11.1 Å². The lowest BCUT2D eigenvalue weighted by Crippen LogP contribution is -2.38. The molecule has 0 amide bonds. The second-order valence-electron chi connectivity index (χ2n) is 7.07. The first-order valence-electron chi connectivity index (χ1n) is 9.59. The van der Waals surface area contributed by atoms with E-state index in [0.29, 0.717) is 37.1 Å². The zero-order valence-electron chi connectivity index (χ0n) is 16.2. The SMILES string of the molecule is Cc1ccc(N2Cc3c(ccc4ccccc34)OP2(=O)N(CCCl)CCCl)cc1. The Morgan fingerprint density at radius 3 is 2.38 bits per heavy atom. The molecule has 7 heteroatoms. The topological polar surface area (TPSA) is 32.8 Å². The van der Waals surface area contributed by atoms with Crippen molar-refractivity contribution in [1.82, 2.24) is 4.67 Å². The lowest BCUT2D eigenvalue weighted by molar-refractivity contribution is 0.360. The molecule has 29 heavy (non-hydrogen) atoms. The minimum Gasteiger partial charge on any atom is -0.417 e. The molecule has 1 unspecified atom stereocenters. The average molecular weight is 449 g/mol. The van der Waals surface area contributed by atoms with Gasteiger partial charge >= 0.3 is 7.67 Å². The molecule has 3 aromatic carbocycles. The number of fused-ring (bicyclic) bond motifs is 3. The summed E-state index contributed by atoms with van der Waals surface area (Å²) in [6, 6.07) is 20.1. The number of hydrogen-bond donors (Lipinski definition) is 0. The fourth-order valence-electron chi connectivity index (χ4n) is 3.71. The summed E-state index contributed by atoms with van der Waals surface area (Å²) in [5, 5.41) is 2.24. The summed E-state index contributed by atoms with van der Waals surface area (Å²) >= 11 is 12.1. The van der Waals surface area contributed by atoms with Crippen molar-refractivity contribution in [1.29, 1.82) is 0 Å². The molecule has 1 aliphatic heterocycles. The van der Waals surface area contributed by atoms with Gasteiger partial charge < -0.3 is 4.52 Å². The van der Waals surface area contributed by atoms with Gasteiger partial charge in [0.15, 0.2) is 0 Å². The zero-order valence-corrected chi connectivity index (χ0v) is 18.6. The molecule has 3 aromatic rings. The van der Waals surface area contributed by atoms with Crippen molar-refractivity contribution in [3.63, 3.8) is 0 Å². The van der Waals surface area contributed by atoms with E-state index in [0.717, 1.165) is 27.6 Å². The summed E-state index contributed by atoms with van der Waals surface area (Å²) in [4.78, 5) is 0. The number of anilines is 1. The van der Waals surface area contributed by atoms with E-state index in [9.17, 15) is 4.57 Å². The van der Waals surface area contributed by atoms with Crippen molar-refractivity contribution in [2.24, 2.45) is 0 Å². The molecule has 0 saturated heterocycles. The van der Waals surface area contributed by atoms with Crippen molar-refractivity contribution < 1.29 is 9.09 Å². The number of alkyl halides is 2. The molecule has 1 aliphatic rings. The molecule has 4 rings (SSSR count). The zero-order chi connectivity index (χ0) is 20.4. The van der Waals surface area contributed by atoms with E-state index in [2.05, 4.69) is 12.1 Å². The summed E-state index contributed by atoms with van der Waals surface area (Å²) in [5.74, 6) is 1.34. The maximum Gasteiger partial charge on any atom is 0.422 e. The van der Waals surface area contributed by atoms with Crippen molar-refractivity contribution in [3.8, 4) is 5.75 Å². The molecule has 0 saturated carbocycles. The lowest BCUT2D eigenvalue weighted by Gasteiger charge is -2.42. The van der Waals surface area contributed by atoms with Gasteiger partial charge in [-0.1, -0.05) is 48.0 Å². The Hall–Kier alpha value is -1.71. The Kier molecular flexibility index (Phi) is 6.08. The fourth-order valence-corrected chi connectivity index (χ4v) is 6.75. The van der Waals surface area contributed by atoms with E-state index in [-0.39, 0.29) is 0 Å². The van der Waals surface area contributed by atoms with Crippen LogP contribution in [0.4, 0.5) is 5.69 Å². The minimum absolute atomic E-state index is 0.344. The molecule has 0 aromatic heterocycles. The molecule has 1 heterocycles. The van der Waals surface area contributed by atoms with Gasteiger partial charge in [-0.25, -0.2) is 9.24 Å². The second-order valence-corrected chi connectivity index (χ2v) is 10.0. The summed E-state index contributed by atoms with van der Waals surface area (Å²) in [5.41, 5.74) is 3.03. The normalized spacial score (nSPS) is 18.7. The second kappa shape index (κ2) is 8.57. The third kappa shape index (κ3) is 3.87. The smallest absolute Gasteiger partial charge is 0.417 e. The summed E-state index contributed by atoms with van der Waals surface area (Å²) < 4.78 is 24.3. The van der Waals surface area contributed by atoms with Gasteiger partial charge in [0, 0.05) is 36.1 Å². The van der Waals surface area contributed by atoms with Crippen LogP contribution in [0.15, 0.2) is 60.7 Å². The number of nitrogens with zero attached hydrogens (tertiary/aromatic N) is 2. The van der Waals surface area contributed by atoms with Gasteiger partial charge in [0.2, 0.25) is 0 Å². The predicted molar refractivity (Wildman–Crippen MR) is 123 cm³/mol. The molecule has 1 atom stereocenters. The van der Waals surface area contributed by atoms with Crippen LogP contribution in [-0.2, 0) is 11.1 Å². The number of rotatable bonds is 6. The number of benzene rings is 3. The fraction of sp³-hybridized carbons (Fsp3) is 0.273. The molecule has 0 N–H and O–H groups in total. The molecule has 0 spiro atoms. The van der Waals surface area contributed by atoms with Crippen molar-refractivity contribution in [2.45, 2.75) is 13.5 Å². The number of aryl methyl sites for hydroxylation is 1. The van der Waals surface area contributed by atoms with Crippen LogP contribution in [0.5, 0.6) is 5.75 Å². The highest BCUT2D eigenvalue weighted by molar-refractivity contribution is 7.58. The molecular formula is C22H23Cl2N2O2P. The third-order valence-electron chi connectivity index (χ3n) is 5.20. The van der Waals surface area contributed by atoms with E-state index >= 15 is 0 Å². The molecule has 152 valence electrons. The van der Waals surface area contributed by atoms with Crippen molar-refractivity contribution in [3.05, 3.63) is 71.8 Å². The van der Waals surface area contributed by atoms with Gasteiger partial charge in [-0.3, -0.25) is 4.67 Å². The molecule has 0 radical (unpaired) electrons. The Morgan fingerprint density at radius 2 is 1.69 bits per heavy atom. The highest BCUT2D eigenvalue weighted by Crippen LogP contribution is 2.60. The van der Waals surface area contributed by atoms with E-state index in [1.54, 1.807) is 4.67 Å². The quantitative estimate of drug-likeness (QED) is 0.321. The van der Waals surface area contributed by atoms with Crippen LogP contribution in [0.25, 0.3) is 10.8 Å². The minimum atomic E-state index is -3.42. The van der Waals surface area contributed by atoms with Crippen molar-refractivity contribution in [2.75, 3.05) is 29.5 Å². The summed E-state index contributed by atoms with van der Waals surface area (Å²) in [7, 11) is -3.42. The van der Waals surface area contributed by atoms with Crippen LogP contribution in [0, 0.1) is 6.92 Å². The van der Waals surface area contributed by atoms with E-state index in [4.69, 9.17) is 27.7 Å². The Labute approximate surface area is 181 Å². The molecular weight excluding hydrogens is 426 g/mol. The van der Waals surface area contributed by atoms with Crippen LogP contribution >= 0.6 is 30.9 Å². The first-order valence-corrected chi connectivity index (χ1v) is 12.2. The predicted octanol–water partition coefficient (Wildman–Crippen LogP) is 6.43. The van der Waals surface area contributed by atoms with Crippen LogP contribution in [-0.4, -0.2) is 29.5 Å². The largest absolute Gasteiger partial charge is 0.422 e. The summed E-state index contributed by atoms with van der Waals surface area (Å²) in [6.07, 6.45) is 0. The van der Waals surface area contributed by atoms with E-state index in [1.165, 1.54) is 0 Å². The van der Waals surface area contributed by atoms with Gasteiger partial charge in [-0.05, 0) is 35.9 Å². The maximum atomic E-state index is 14.3. The highest BCUT2D eigenvalue weighted by atomic mass is 35.5. The Bertz CT molecular complexity index is 1050. The first kappa shape index (κ1) is 20.6. The first-order chi connectivity index (χ1) is 14.1. The maximum absolute atomic E-state index is 14.3. The van der Waals surface area contributed by atoms with Gasteiger partial charge in [0.25, 0.3) is 0 Å². The van der Waals surface area contributed by atoms with Crippen LogP contribution in [0.2, 0.25) is 0 Å². The van der Waals surface area contributed by atoms with E-state index in [1.807, 2.05) is 60.1 Å². The molecule has 4 nitrogen and oxygen atoms in total. The molecule has 0 fully saturated rings. The van der Waals surface area contributed by atoms with Gasteiger partial charge in [-0.2, -0.15) is 0 Å². The number of halogens is 2. The van der Waals surface area contributed by atoms with Gasteiger partial charge in [-0.15, -0.1) is 23.2 Å². The molecule has 0 bridgehead atoms. The van der Waals surface area contributed by atoms with E-state index < -0.39 is 7.67 Å². The van der Waals surface area contributed by atoms with Crippen LogP contribution in [0.3, 0.4) is 0 Å². The van der Waals surface area contributed by atoms with Crippen molar-refractivity contribution >= 4 is 47.3 Å².